The Morgan fingerprint density at radius 1 is 0.969 bits per heavy atom. The predicted molar refractivity (Wildman–Crippen MR) is 125 cm³/mol. The van der Waals surface area contributed by atoms with Crippen molar-refractivity contribution in [3.8, 4) is 17.2 Å². The van der Waals surface area contributed by atoms with E-state index >= 15 is 0 Å². The van der Waals surface area contributed by atoms with E-state index in [0.29, 0.717) is 29.3 Å². The van der Waals surface area contributed by atoms with Crippen LogP contribution in [-0.4, -0.2) is 21.9 Å². The molecule has 0 fully saturated rings. The van der Waals surface area contributed by atoms with Crippen molar-refractivity contribution in [2.45, 2.75) is 18.4 Å². The molecule has 0 aliphatic heterocycles. The molecule has 0 saturated carbocycles. The fourth-order valence-corrected chi connectivity index (χ4v) is 3.59. The molecule has 0 saturated heterocycles. The molecule has 32 heavy (non-hydrogen) atoms. The standard InChI is InChI=1S/C24H20ClN3O3S/c25-20-11-9-19(10-12-20)23-27-28-24(31-23)32-16-22(29)26-14-17-5-4-6-18(13-17)15-30-21-7-2-1-3-8-21/h1-13H,14-16H2,(H,26,29). The quantitative estimate of drug-likeness (QED) is 0.334. The minimum absolute atomic E-state index is 0.118. The van der Waals surface area contributed by atoms with E-state index in [-0.39, 0.29) is 11.7 Å². The largest absolute Gasteiger partial charge is 0.489 e. The monoisotopic (exact) mass is 465 g/mol. The van der Waals surface area contributed by atoms with Gasteiger partial charge in [-0.3, -0.25) is 4.79 Å². The maximum Gasteiger partial charge on any atom is 0.277 e. The topological polar surface area (TPSA) is 77.2 Å². The first-order valence-corrected chi connectivity index (χ1v) is 11.3. The van der Waals surface area contributed by atoms with E-state index in [1.807, 2.05) is 54.6 Å². The first kappa shape index (κ1) is 21.9. The fraction of sp³-hybridized carbons (Fsp3) is 0.125. The Balaban J connectivity index is 1.23. The van der Waals surface area contributed by atoms with Crippen LogP contribution in [0.1, 0.15) is 11.1 Å². The summed E-state index contributed by atoms with van der Waals surface area (Å²) in [5.74, 6) is 1.27. The van der Waals surface area contributed by atoms with Gasteiger partial charge >= 0.3 is 0 Å². The van der Waals surface area contributed by atoms with Crippen LogP contribution in [0, 0.1) is 0 Å². The Kier molecular flexibility index (Phi) is 7.42. The van der Waals surface area contributed by atoms with Gasteiger partial charge in [0.1, 0.15) is 12.4 Å². The van der Waals surface area contributed by atoms with Gasteiger partial charge in [0.25, 0.3) is 5.22 Å². The summed E-state index contributed by atoms with van der Waals surface area (Å²) in [6.07, 6.45) is 0. The lowest BCUT2D eigenvalue weighted by Gasteiger charge is -2.09. The van der Waals surface area contributed by atoms with Crippen LogP contribution in [0.4, 0.5) is 0 Å². The van der Waals surface area contributed by atoms with Crippen LogP contribution in [-0.2, 0) is 17.9 Å². The minimum atomic E-state index is -0.118. The second kappa shape index (κ2) is 10.8. The van der Waals surface area contributed by atoms with Crippen molar-refractivity contribution >= 4 is 29.3 Å². The highest BCUT2D eigenvalue weighted by molar-refractivity contribution is 7.99. The maximum atomic E-state index is 12.2. The van der Waals surface area contributed by atoms with Crippen LogP contribution in [0.25, 0.3) is 11.5 Å². The zero-order valence-corrected chi connectivity index (χ0v) is 18.6. The lowest BCUT2D eigenvalue weighted by atomic mass is 10.1. The van der Waals surface area contributed by atoms with Crippen molar-refractivity contribution in [3.05, 3.63) is 95.0 Å². The van der Waals surface area contributed by atoms with Crippen molar-refractivity contribution in [1.29, 1.82) is 0 Å². The number of carbonyl (C=O) groups is 1. The van der Waals surface area contributed by atoms with Gasteiger partial charge in [-0.05, 0) is 47.5 Å². The molecule has 0 aliphatic carbocycles. The summed E-state index contributed by atoms with van der Waals surface area (Å²) in [6, 6.07) is 24.7. The second-order valence-corrected chi connectivity index (χ2v) is 8.23. The number of amides is 1. The molecule has 4 rings (SSSR count). The zero-order chi connectivity index (χ0) is 22.2. The number of hydrogen-bond donors (Lipinski definition) is 1. The third kappa shape index (κ3) is 6.35. The van der Waals surface area contributed by atoms with E-state index < -0.39 is 0 Å². The summed E-state index contributed by atoms with van der Waals surface area (Å²) in [7, 11) is 0. The Morgan fingerprint density at radius 2 is 1.75 bits per heavy atom. The number of nitrogens with one attached hydrogen (secondary N) is 1. The van der Waals surface area contributed by atoms with Gasteiger partial charge in [0, 0.05) is 17.1 Å². The van der Waals surface area contributed by atoms with E-state index in [1.54, 1.807) is 24.3 Å². The summed E-state index contributed by atoms with van der Waals surface area (Å²) in [5, 5.41) is 11.9. The Hall–Kier alpha value is -3.29. The van der Waals surface area contributed by atoms with Crippen molar-refractivity contribution in [2.24, 2.45) is 0 Å². The molecule has 0 radical (unpaired) electrons. The highest BCUT2D eigenvalue weighted by Gasteiger charge is 2.11. The van der Waals surface area contributed by atoms with Crippen LogP contribution in [0.5, 0.6) is 5.75 Å². The number of para-hydroxylation sites is 1. The number of hydrogen-bond acceptors (Lipinski definition) is 6. The number of nitrogens with zero attached hydrogens (tertiary/aromatic N) is 2. The molecule has 162 valence electrons. The molecule has 0 bridgehead atoms. The van der Waals surface area contributed by atoms with Gasteiger partial charge in [-0.15, -0.1) is 10.2 Å². The van der Waals surface area contributed by atoms with Crippen LogP contribution < -0.4 is 10.1 Å². The van der Waals surface area contributed by atoms with E-state index in [4.69, 9.17) is 20.8 Å². The number of aromatic nitrogens is 2. The van der Waals surface area contributed by atoms with Gasteiger partial charge in [0.2, 0.25) is 11.8 Å². The van der Waals surface area contributed by atoms with Crippen molar-refractivity contribution in [2.75, 3.05) is 5.75 Å². The summed E-state index contributed by atoms with van der Waals surface area (Å²) in [6.45, 7) is 0.896. The summed E-state index contributed by atoms with van der Waals surface area (Å²) >= 11 is 7.08. The molecule has 0 unspecified atom stereocenters. The van der Waals surface area contributed by atoms with E-state index in [2.05, 4.69) is 15.5 Å². The molecule has 1 aromatic heterocycles. The Bertz CT molecular complexity index is 1170. The third-order valence-electron chi connectivity index (χ3n) is 4.45. The summed E-state index contributed by atoms with van der Waals surface area (Å²) in [4.78, 5) is 12.2. The molecule has 3 aromatic carbocycles. The summed E-state index contributed by atoms with van der Waals surface area (Å²) < 4.78 is 11.4. The first-order chi connectivity index (χ1) is 15.7. The number of benzene rings is 3. The fourth-order valence-electron chi connectivity index (χ4n) is 2.87. The third-order valence-corrected chi connectivity index (χ3v) is 5.52. The number of carbonyl (C=O) groups excluding carboxylic acids is 1. The van der Waals surface area contributed by atoms with Gasteiger partial charge in [0.15, 0.2) is 0 Å². The minimum Gasteiger partial charge on any atom is -0.489 e. The average molecular weight is 466 g/mol. The molecule has 1 heterocycles. The van der Waals surface area contributed by atoms with Gasteiger partial charge in [0.05, 0.1) is 5.75 Å². The molecule has 6 nitrogen and oxygen atoms in total. The zero-order valence-electron chi connectivity index (χ0n) is 17.0. The number of thioether (sulfide) groups is 1. The van der Waals surface area contributed by atoms with Gasteiger partial charge in [-0.1, -0.05) is 65.8 Å². The van der Waals surface area contributed by atoms with Gasteiger partial charge < -0.3 is 14.5 Å². The summed E-state index contributed by atoms with van der Waals surface area (Å²) in [5.41, 5.74) is 2.81. The molecule has 1 amide bonds. The van der Waals surface area contributed by atoms with E-state index in [0.717, 1.165) is 22.4 Å². The van der Waals surface area contributed by atoms with Crippen molar-refractivity contribution in [3.63, 3.8) is 0 Å². The SMILES string of the molecule is O=C(CSc1nnc(-c2ccc(Cl)cc2)o1)NCc1cccc(COc2ccccc2)c1. The molecule has 0 atom stereocenters. The molecule has 0 aliphatic rings. The number of rotatable bonds is 9. The van der Waals surface area contributed by atoms with Crippen LogP contribution in [0.2, 0.25) is 5.02 Å². The molecule has 0 spiro atoms. The van der Waals surface area contributed by atoms with E-state index in [9.17, 15) is 4.79 Å². The number of ether oxygens (including phenoxy) is 1. The van der Waals surface area contributed by atoms with Crippen LogP contribution in [0.3, 0.4) is 0 Å². The van der Waals surface area contributed by atoms with Crippen LogP contribution in [0.15, 0.2) is 88.5 Å². The normalized spacial score (nSPS) is 10.7. The second-order valence-electron chi connectivity index (χ2n) is 6.87. The predicted octanol–water partition coefficient (Wildman–Crippen LogP) is 5.38. The molecule has 4 aromatic rings. The van der Waals surface area contributed by atoms with E-state index in [1.165, 1.54) is 11.8 Å². The van der Waals surface area contributed by atoms with Crippen LogP contribution >= 0.6 is 23.4 Å². The van der Waals surface area contributed by atoms with Crippen molar-refractivity contribution in [1.82, 2.24) is 15.5 Å². The van der Waals surface area contributed by atoms with Crippen molar-refractivity contribution < 1.29 is 13.9 Å². The number of halogens is 1. The lowest BCUT2D eigenvalue weighted by molar-refractivity contribution is -0.118. The smallest absolute Gasteiger partial charge is 0.277 e. The highest BCUT2D eigenvalue weighted by Crippen LogP contribution is 2.24. The molecule has 8 heteroatoms. The Morgan fingerprint density at radius 3 is 2.56 bits per heavy atom. The maximum absolute atomic E-state index is 12.2. The van der Waals surface area contributed by atoms with Gasteiger partial charge in [-0.2, -0.15) is 0 Å². The molecular weight excluding hydrogens is 446 g/mol. The molecule has 1 N–H and O–H groups in total. The van der Waals surface area contributed by atoms with Gasteiger partial charge in [-0.25, -0.2) is 0 Å². The highest BCUT2D eigenvalue weighted by atomic mass is 35.5. The first-order valence-electron chi connectivity index (χ1n) is 9.90. The average Bonchev–Trinajstić information content (AvgIpc) is 3.31. The lowest BCUT2D eigenvalue weighted by Crippen LogP contribution is -2.24. The molecular formula is C24H20ClN3O3S. The Labute approximate surface area is 195 Å².